The SMILES string of the molecule is CCCNC1c2ccccc2CC1(C)C. The van der Waals surface area contributed by atoms with E-state index in [1.54, 1.807) is 0 Å². The monoisotopic (exact) mass is 203 g/mol. The van der Waals surface area contributed by atoms with Crippen LogP contribution in [0.2, 0.25) is 0 Å². The van der Waals surface area contributed by atoms with Crippen LogP contribution in [0.15, 0.2) is 24.3 Å². The standard InChI is InChI=1S/C14H21N/c1-4-9-15-13-12-8-6-5-7-11(12)10-14(13,2)3/h5-8,13,15H,4,9-10H2,1-3H3. The molecule has 0 radical (unpaired) electrons. The lowest BCUT2D eigenvalue weighted by Crippen LogP contribution is -2.31. The predicted molar refractivity (Wildman–Crippen MR) is 65.0 cm³/mol. The molecular weight excluding hydrogens is 182 g/mol. The van der Waals surface area contributed by atoms with Gasteiger partial charge in [-0.2, -0.15) is 0 Å². The maximum atomic E-state index is 3.68. The molecule has 1 aliphatic rings. The minimum Gasteiger partial charge on any atom is -0.309 e. The highest BCUT2D eigenvalue weighted by Crippen LogP contribution is 2.44. The minimum atomic E-state index is 0.360. The van der Waals surface area contributed by atoms with Crippen molar-refractivity contribution in [2.45, 2.75) is 39.7 Å². The summed E-state index contributed by atoms with van der Waals surface area (Å²) in [5.41, 5.74) is 3.39. The highest BCUT2D eigenvalue weighted by Gasteiger charge is 2.37. The number of hydrogen-bond donors (Lipinski definition) is 1. The molecule has 0 heterocycles. The Bertz CT molecular complexity index is 341. The van der Waals surface area contributed by atoms with E-state index >= 15 is 0 Å². The van der Waals surface area contributed by atoms with Crippen LogP contribution in [-0.4, -0.2) is 6.54 Å². The Labute approximate surface area is 92.9 Å². The van der Waals surface area contributed by atoms with Gasteiger partial charge >= 0.3 is 0 Å². The molecule has 2 rings (SSSR count). The topological polar surface area (TPSA) is 12.0 Å². The molecule has 1 aromatic carbocycles. The van der Waals surface area contributed by atoms with E-state index in [0.717, 1.165) is 6.54 Å². The first-order valence-electron chi connectivity index (χ1n) is 5.96. The molecule has 0 saturated heterocycles. The zero-order valence-corrected chi connectivity index (χ0v) is 10.0. The average Bonchev–Trinajstić information content (AvgIpc) is 2.45. The summed E-state index contributed by atoms with van der Waals surface area (Å²) in [7, 11) is 0. The van der Waals surface area contributed by atoms with Crippen LogP contribution >= 0.6 is 0 Å². The third kappa shape index (κ3) is 1.93. The molecule has 15 heavy (non-hydrogen) atoms. The van der Waals surface area contributed by atoms with Crippen molar-refractivity contribution in [3.63, 3.8) is 0 Å². The van der Waals surface area contributed by atoms with E-state index in [1.165, 1.54) is 24.0 Å². The summed E-state index contributed by atoms with van der Waals surface area (Å²) < 4.78 is 0. The smallest absolute Gasteiger partial charge is 0.0377 e. The van der Waals surface area contributed by atoms with Gasteiger partial charge in [0.2, 0.25) is 0 Å². The molecule has 1 N–H and O–H groups in total. The largest absolute Gasteiger partial charge is 0.309 e. The van der Waals surface area contributed by atoms with Crippen molar-refractivity contribution in [3.05, 3.63) is 35.4 Å². The Kier molecular flexibility index (Phi) is 2.83. The van der Waals surface area contributed by atoms with Gasteiger partial charge in [0.1, 0.15) is 0 Å². The second kappa shape index (κ2) is 3.97. The van der Waals surface area contributed by atoms with Gasteiger partial charge in [-0.05, 0) is 35.9 Å². The summed E-state index contributed by atoms with van der Waals surface area (Å²) in [6, 6.07) is 9.38. The van der Waals surface area contributed by atoms with Crippen molar-refractivity contribution < 1.29 is 0 Å². The molecule has 0 aliphatic heterocycles. The van der Waals surface area contributed by atoms with Crippen LogP contribution in [0.5, 0.6) is 0 Å². The fraction of sp³-hybridized carbons (Fsp3) is 0.571. The summed E-state index contributed by atoms with van der Waals surface area (Å²) in [6.07, 6.45) is 2.40. The maximum absolute atomic E-state index is 3.68. The Hall–Kier alpha value is -0.820. The molecule has 0 amide bonds. The van der Waals surface area contributed by atoms with Gasteiger partial charge in [-0.3, -0.25) is 0 Å². The van der Waals surface area contributed by atoms with E-state index in [9.17, 15) is 0 Å². The van der Waals surface area contributed by atoms with Crippen LogP contribution in [-0.2, 0) is 6.42 Å². The molecular formula is C14H21N. The fourth-order valence-corrected chi connectivity index (χ4v) is 2.67. The second-order valence-electron chi connectivity index (χ2n) is 5.25. The Morgan fingerprint density at radius 1 is 1.33 bits per heavy atom. The number of nitrogens with one attached hydrogen (secondary N) is 1. The number of fused-ring (bicyclic) bond motifs is 1. The summed E-state index contributed by atoms with van der Waals surface area (Å²) in [4.78, 5) is 0. The summed E-state index contributed by atoms with van der Waals surface area (Å²) in [5, 5.41) is 3.68. The molecule has 1 heteroatoms. The van der Waals surface area contributed by atoms with Crippen molar-refractivity contribution in [2.75, 3.05) is 6.54 Å². The number of hydrogen-bond acceptors (Lipinski definition) is 1. The number of benzene rings is 1. The van der Waals surface area contributed by atoms with Gasteiger partial charge in [-0.1, -0.05) is 45.0 Å². The van der Waals surface area contributed by atoms with Gasteiger partial charge in [0.15, 0.2) is 0 Å². The highest BCUT2D eigenvalue weighted by molar-refractivity contribution is 5.37. The molecule has 0 saturated carbocycles. The van der Waals surface area contributed by atoms with E-state index in [2.05, 4.69) is 50.4 Å². The predicted octanol–water partition coefficient (Wildman–Crippen LogP) is 3.31. The van der Waals surface area contributed by atoms with Crippen LogP contribution in [0.1, 0.15) is 44.4 Å². The number of rotatable bonds is 3. The average molecular weight is 203 g/mol. The summed E-state index contributed by atoms with van der Waals surface area (Å²) in [5.74, 6) is 0. The van der Waals surface area contributed by atoms with E-state index < -0.39 is 0 Å². The van der Waals surface area contributed by atoms with Crippen molar-refractivity contribution in [1.29, 1.82) is 0 Å². The Balaban J connectivity index is 2.26. The zero-order valence-electron chi connectivity index (χ0n) is 10.0. The lowest BCUT2D eigenvalue weighted by atomic mass is 9.85. The normalized spacial score (nSPS) is 22.7. The molecule has 1 unspecified atom stereocenters. The van der Waals surface area contributed by atoms with Crippen molar-refractivity contribution >= 4 is 0 Å². The van der Waals surface area contributed by atoms with Gasteiger partial charge < -0.3 is 5.32 Å². The second-order valence-corrected chi connectivity index (χ2v) is 5.25. The van der Waals surface area contributed by atoms with Crippen LogP contribution in [0.25, 0.3) is 0 Å². The van der Waals surface area contributed by atoms with Crippen molar-refractivity contribution in [1.82, 2.24) is 5.32 Å². The molecule has 1 nitrogen and oxygen atoms in total. The Morgan fingerprint density at radius 2 is 2.07 bits per heavy atom. The van der Waals surface area contributed by atoms with Gasteiger partial charge in [0.05, 0.1) is 0 Å². The molecule has 82 valence electrons. The molecule has 0 fully saturated rings. The molecule has 1 aromatic rings. The first kappa shape index (κ1) is 10.7. The first-order chi connectivity index (χ1) is 7.15. The Morgan fingerprint density at radius 3 is 2.80 bits per heavy atom. The van der Waals surface area contributed by atoms with E-state index in [1.807, 2.05) is 0 Å². The van der Waals surface area contributed by atoms with Gasteiger partial charge in [0, 0.05) is 6.04 Å². The molecule has 1 aliphatic carbocycles. The summed E-state index contributed by atoms with van der Waals surface area (Å²) >= 11 is 0. The minimum absolute atomic E-state index is 0.360. The van der Waals surface area contributed by atoms with Gasteiger partial charge in [0.25, 0.3) is 0 Å². The highest BCUT2D eigenvalue weighted by atomic mass is 14.9. The summed E-state index contributed by atoms with van der Waals surface area (Å²) in [6.45, 7) is 8.06. The third-order valence-electron chi connectivity index (χ3n) is 3.39. The zero-order chi connectivity index (χ0) is 10.9. The quantitative estimate of drug-likeness (QED) is 0.794. The van der Waals surface area contributed by atoms with Gasteiger partial charge in [-0.25, -0.2) is 0 Å². The lowest BCUT2D eigenvalue weighted by molar-refractivity contribution is 0.270. The molecule has 1 atom stereocenters. The van der Waals surface area contributed by atoms with Crippen molar-refractivity contribution in [2.24, 2.45) is 5.41 Å². The van der Waals surface area contributed by atoms with Crippen LogP contribution in [0.4, 0.5) is 0 Å². The maximum Gasteiger partial charge on any atom is 0.0377 e. The van der Waals surface area contributed by atoms with E-state index in [4.69, 9.17) is 0 Å². The van der Waals surface area contributed by atoms with E-state index in [-0.39, 0.29) is 0 Å². The fourth-order valence-electron chi connectivity index (χ4n) is 2.67. The van der Waals surface area contributed by atoms with Crippen LogP contribution < -0.4 is 5.32 Å². The van der Waals surface area contributed by atoms with Crippen LogP contribution in [0, 0.1) is 5.41 Å². The third-order valence-corrected chi connectivity index (χ3v) is 3.39. The van der Waals surface area contributed by atoms with E-state index in [0.29, 0.717) is 11.5 Å². The first-order valence-corrected chi connectivity index (χ1v) is 5.96. The lowest BCUT2D eigenvalue weighted by Gasteiger charge is -2.28. The van der Waals surface area contributed by atoms with Crippen LogP contribution in [0.3, 0.4) is 0 Å². The molecule has 0 spiro atoms. The van der Waals surface area contributed by atoms with Gasteiger partial charge in [-0.15, -0.1) is 0 Å². The molecule has 0 bridgehead atoms. The molecule has 0 aromatic heterocycles. The van der Waals surface area contributed by atoms with Crippen molar-refractivity contribution in [3.8, 4) is 0 Å².